The molecule has 114 valence electrons. The van der Waals surface area contributed by atoms with Gasteiger partial charge in [-0.3, -0.25) is 14.3 Å². The molecule has 7 nitrogen and oxygen atoms in total. The zero-order chi connectivity index (χ0) is 16.0. The summed E-state index contributed by atoms with van der Waals surface area (Å²) in [6, 6.07) is 0. The molecule has 2 rings (SSSR count). The molecule has 0 aliphatic carbocycles. The van der Waals surface area contributed by atoms with E-state index < -0.39 is 46.5 Å². The summed E-state index contributed by atoms with van der Waals surface area (Å²) in [4.78, 5) is 13.0. The molecule has 1 fully saturated rings. The predicted molar refractivity (Wildman–Crippen MR) is 66.7 cm³/mol. The van der Waals surface area contributed by atoms with Gasteiger partial charge in [-0.15, -0.1) is 6.42 Å². The van der Waals surface area contributed by atoms with Crippen molar-refractivity contribution in [1.29, 1.82) is 0 Å². The smallest absolute Gasteiger partial charge is 0.287 e. The van der Waals surface area contributed by atoms with Crippen LogP contribution in [0.15, 0.2) is 11.0 Å². The minimum Gasteiger partial charge on any atom is -0.390 e. The number of nitrogens with zero attached hydrogens (tertiary/aromatic N) is 1. The number of aliphatic hydroxyl groups excluding tert-OH is 2. The van der Waals surface area contributed by atoms with Gasteiger partial charge in [0.15, 0.2) is 17.1 Å². The predicted octanol–water partition coefficient (Wildman–Crippen LogP) is -1.04. The van der Waals surface area contributed by atoms with E-state index in [0.29, 0.717) is 10.8 Å². The van der Waals surface area contributed by atoms with E-state index in [-0.39, 0.29) is 0 Å². The molecule has 10 heteroatoms. The third-order valence-electron chi connectivity index (χ3n) is 3.13. The van der Waals surface area contributed by atoms with Crippen LogP contribution in [-0.2, 0) is 4.74 Å². The molecule has 0 spiro atoms. The molecule has 1 aromatic heterocycles. The molecule has 1 aromatic rings. The molecule has 0 amide bonds. The Morgan fingerprint density at radius 3 is 2.81 bits per heavy atom. The van der Waals surface area contributed by atoms with Gasteiger partial charge in [-0.05, 0) is 12.2 Å². The van der Waals surface area contributed by atoms with Crippen LogP contribution in [0.4, 0.5) is 8.78 Å². The maximum absolute atomic E-state index is 14.2. The van der Waals surface area contributed by atoms with E-state index >= 15 is 0 Å². The summed E-state index contributed by atoms with van der Waals surface area (Å²) in [5.41, 5.74) is -3.77. The number of nitrogens with one attached hydrogen (secondary N) is 1. The van der Waals surface area contributed by atoms with Gasteiger partial charge in [0.1, 0.15) is 6.61 Å². The van der Waals surface area contributed by atoms with Crippen LogP contribution in [0.5, 0.6) is 0 Å². The van der Waals surface area contributed by atoms with Gasteiger partial charge in [0.25, 0.3) is 11.4 Å². The van der Waals surface area contributed by atoms with Gasteiger partial charge >= 0.3 is 0 Å². The van der Waals surface area contributed by atoms with E-state index in [4.69, 9.17) is 28.5 Å². The van der Waals surface area contributed by atoms with Crippen LogP contribution in [0.25, 0.3) is 0 Å². The van der Waals surface area contributed by atoms with Crippen LogP contribution in [0.3, 0.4) is 0 Å². The van der Waals surface area contributed by atoms with Crippen molar-refractivity contribution in [2.75, 3.05) is 6.61 Å². The summed E-state index contributed by atoms with van der Waals surface area (Å²) in [6.07, 6.45) is 1.45. The Hall–Kier alpha value is -1.64. The molecule has 4 N–H and O–H groups in total. The van der Waals surface area contributed by atoms with Crippen molar-refractivity contribution in [2.45, 2.75) is 23.8 Å². The van der Waals surface area contributed by atoms with E-state index in [1.165, 1.54) is 0 Å². The normalized spacial score (nSPS) is 35.6. The Morgan fingerprint density at radius 2 is 2.29 bits per heavy atom. The molecular weight excluding hydrogens is 310 g/mol. The molecule has 1 saturated heterocycles. The van der Waals surface area contributed by atoms with Gasteiger partial charge < -0.3 is 20.1 Å². The Kier molecular flexibility index (Phi) is 3.73. The Balaban J connectivity index is 2.64. The zero-order valence-electron chi connectivity index (χ0n) is 10.3. The number of ether oxygens (including phenoxy) is 1. The lowest BCUT2D eigenvalue weighted by molar-refractivity contribution is -0.207. The molecule has 2 heterocycles. The van der Waals surface area contributed by atoms with Crippen LogP contribution in [0, 0.1) is 22.9 Å². The van der Waals surface area contributed by atoms with Crippen molar-refractivity contribution >= 4 is 12.2 Å². The average molecular weight is 320 g/mol. The Morgan fingerprint density at radius 1 is 1.67 bits per heavy atom. The number of aromatic nitrogens is 2. The highest BCUT2D eigenvalue weighted by molar-refractivity contribution is 7.71. The largest absolute Gasteiger partial charge is 0.390 e. The second-order valence-electron chi connectivity index (χ2n) is 4.43. The zero-order valence-corrected chi connectivity index (χ0v) is 11.1. The van der Waals surface area contributed by atoms with Crippen molar-refractivity contribution in [2.24, 2.45) is 0 Å². The fourth-order valence-electron chi connectivity index (χ4n) is 1.98. The number of aromatic amines is 1. The highest BCUT2D eigenvalue weighted by atomic mass is 32.1. The summed E-state index contributed by atoms with van der Waals surface area (Å²) in [6.45, 7) is -1.31. The number of H-pyrrole nitrogens is 1. The maximum atomic E-state index is 14.2. The van der Waals surface area contributed by atoms with Crippen LogP contribution >= 0.6 is 12.2 Å². The van der Waals surface area contributed by atoms with Crippen molar-refractivity contribution in [3.8, 4) is 12.3 Å². The van der Waals surface area contributed by atoms with Crippen molar-refractivity contribution < 1.29 is 28.8 Å². The first-order valence-corrected chi connectivity index (χ1v) is 5.97. The minimum atomic E-state index is -3.08. The monoisotopic (exact) mass is 320 g/mol. The molecule has 1 unspecified atom stereocenters. The standard InChI is InChI=1S/C11H10F2N2O5S/c1-2-10(19)7(18)11(13,4-16)20-8(10)15-3-5(12)6(17)14-9(15)21/h1,3,7-8,16,18-19H,4H2,(H,14,17,21)/t7?,8-,10-,11-/m1/s1. The summed E-state index contributed by atoms with van der Waals surface area (Å²) in [7, 11) is 0. The summed E-state index contributed by atoms with van der Waals surface area (Å²) in [5.74, 6) is -2.63. The molecular formula is C11H10F2N2O5S. The highest BCUT2D eigenvalue weighted by Crippen LogP contribution is 2.44. The molecule has 0 radical (unpaired) electrons. The number of rotatable bonds is 2. The second kappa shape index (κ2) is 4.97. The minimum absolute atomic E-state index is 0.422. The van der Waals surface area contributed by atoms with Crippen LogP contribution in [-0.4, -0.2) is 49.0 Å². The van der Waals surface area contributed by atoms with Crippen LogP contribution < -0.4 is 5.56 Å². The Bertz CT molecular complexity index is 729. The second-order valence-corrected chi connectivity index (χ2v) is 4.82. The first-order chi connectivity index (χ1) is 9.69. The van der Waals surface area contributed by atoms with Gasteiger partial charge in [0.2, 0.25) is 11.4 Å². The quantitative estimate of drug-likeness (QED) is 0.409. The molecule has 1 aliphatic rings. The third-order valence-corrected chi connectivity index (χ3v) is 3.45. The topological polar surface area (TPSA) is 108 Å². The molecule has 1 aliphatic heterocycles. The number of aliphatic hydroxyl groups is 3. The first kappa shape index (κ1) is 15.7. The fourth-order valence-corrected chi connectivity index (χ4v) is 2.22. The Labute approximate surface area is 121 Å². The van der Waals surface area contributed by atoms with Gasteiger partial charge in [-0.25, -0.2) is 4.39 Å². The number of hydrogen-bond acceptors (Lipinski definition) is 6. The maximum Gasteiger partial charge on any atom is 0.287 e. The fraction of sp³-hybridized carbons (Fsp3) is 0.455. The molecule has 0 saturated carbocycles. The van der Waals surface area contributed by atoms with Crippen LogP contribution in [0.2, 0.25) is 0 Å². The molecule has 21 heavy (non-hydrogen) atoms. The SMILES string of the molecule is C#C[C@@]1(O)C(O)[C@@](F)(CO)O[C@H]1n1cc(F)c(=O)[nH]c1=S. The third kappa shape index (κ3) is 2.19. The van der Waals surface area contributed by atoms with E-state index in [9.17, 15) is 23.8 Å². The van der Waals surface area contributed by atoms with Crippen molar-refractivity contribution in [1.82, 2.24) is 9.55 Å². The summed E-state index contributed by atoms with van der Waals surface area (Å²) < 4.78 is 32.5. The summed E-state index contributed by atoms with van der Waals surface area (Å²) in [5, 5.41) is 28.9. The van der Waals surface area contributed by atoms with Gasteiger partial charge in [0, 0.05) is 0 Å². The van der Waals surface area contributed by atoms with Crippen molar-refractivity contribution in [3.63, 3.8) is 0 Å². The number of halogens is 2. The lowest BCUT2D eigenvalue weighted by Gasteiger charge is -2.26. The van der Waals surface area contributed by atoms with E-state index in [2.05, 4.69) is 0 Å². The lowest BCUT2D eigenvalue weighted by Crippen LogP contribution is -2.50. The van der Waals surface area contributed by atoms with Crippen LogP contribution in [0.1, 0.15) is 6.23 Å². The van der Waals surface area contributed by atoms with Gasteiger partial charge in [0.05, 0.1) is 6.20 Å². The summed E-state index contributed by atoms with van der Waals surface area (Å²) >= 11 is 4.75. The highest BCUT2D eigenvalue weighted by Gasteiger charge is 2.64. The average Bonchev–Trinajstić information content (AvgIpc) is 2.66. The number of alkyl halides is 1. The number of terminal acetylenes is 1. The lowest BCUT2D eigenvalue weighted by atomic mass is 9.94. The number of hydrogen-bond donors (Lipinski definition) is 4. The molecule has 0 aromatic carbocycles. The van der Waals surface area contributed by atoms with E-state index in [1.807, 2.05) is 4.98 Å². The van der Waals surface area contributed by atoms with Crippen molar-refractivity contribution in [3.05, 3.63) is 27.1 Å². The first-order valence-electron chi connectivity index (χ1n) is 5.56. The van der Waals surface area contributed by atoms with E-state index in [1.54, 1.807) is 5.92 Å². The van der Waals surface area contributed by atoms with Gasteiger partial charge in [-0.1, -0.05) is 5.92 Å². The molecule has 4 atom stereocenters. The molecule has 0 bridgehead atoms. The van der Waals surface area contributed by atoms with E-state index in [0.717, 1.165) is 0 Å². The van der Waals surface area contributed by atoms with Gasteiger partial charge in [-0.2, -0.15) is 4.39 Å².